The minimum Gasteiger partial charge on any atom is -0.345 e. The summed E-state index contributed by atoms with van der Waals surface area (Å²) in [5.41, 5.74) is 2.06. The van der Waals surface area contributed by atoms with Crippen molar-refractivity contribution in [3.05, 3.63) is 65.7 Å². The van der Waals surface area contributed by atoms with Gasteiger partial charge in [0.05, 0.1) is 11.7 Å². The van der Waals surface area contributed by atoms with E-state index in [1.807, 2.05) is 30.3 Å². The zero-order valence-corrected chi connectivity index (χ0v) is 14.9. The van der Waals surface area contributed by atoms with Gasteiger partial charge < -0.3 is 5.32 Å². The molecule has 1 aliphatic rings. The number of rotatable bonds is 5. The lowest BCUT2D eigenvalue weighted by atomic mass is 9.95. The van der Waals surface area contributed by atoms with Crippen LogP contribution in [0.25, 0.3) is 0 Å². The van der Waals surface area contributed by atoms with Gasteiger partial charge in [0.15, 0.2) is 0 Å². The van der Waals surface area contributed by atoms with E-state index in [9.17, 15) is 14.4 Å². The number of imide groups is 1. The van der Waals surface area contributed by atoms with E-state index in [4.69, 9.17) is 0 Å². The second-order valence-electron chi connectivity index (χ2n) is 6.78. The second kappa shape index (κ2) is 7.52. The predicted octanol–water partition coefficient (Wildman–Crippen LogP) is 3.47. The summed E-state index contributed by atoms with van der Waals surface area (Å²) in [5.74, 6) is -0.342. The van der Waals surface area contributed by atoms with Crippen molar-refractivity contribution in [3.8, 4) is 0 Å². The Bertz CT molecular complexity index is 797. The maximum Gasteiger partial charge on any atom is 0.251 e. The van der Waals surface area contributed by atoms with Crippen LogP contribution >= 0.6 is 0 Å². The van der Waals surface area contributed by atoms with Gasteiger partial charge in [0.1, 0.15) is 0 Å². The number of nitrogens with zero attached hydrogens (tertiary/aromatic N) is 1. The Balaban J connectivity index is 1.75. The standard InChI is InChI=1S/C21H22N2O3/c1-14(2)20(15-6-4-3-5-7-15)22-21(26)16-8-10-17(11-9-16)23-18(24)12-13-19(23)25/h3-11,14,20H,12-13H2,1-2H3,(H,22,26). The molecule has 0 bridgehead atoms. The summed E-state index contributed by atoms with van der Waals surface area (Å²) in [7, 11) is 0. The predicted molar refractivity (Wildman–Crippen MR) is 99.7 cm³/mol. The lowest BCUT2D eigenvalue weighted by Crippen LogP contribution is -2.32. The molecular weight excluding hydrogens is 328 g/mol. The fourth-order valence-corrected chi connectivity index (χ4v) is 3.15. The van der Waals surface area contributed by atoms with E-state index in [0.717, 1.165) is 5.56 Å². The number of anilines is 1. The summed E-state index contributed by atoms with van der Waals surface area (Å²) in [5, 5.41) is 3.07. The highest BCUT2D eigenvalue weighted by Crippen LogP contribution is 2.24. The number of benzene rings is 2. The maximum atomic E-state index is 12.6. The highest BCUT2D eigenvalue weighted by molar-refractivity contribution is 6.19. The van der Waals surface area contributed by atoms with Gasteiger partial charge in [-0.1, -0.05) is 44.2 Å². The van der Waals surface area contributed by atoms with Crippen LogP contribution in [0.15, 0.2) is 54.6 Å². The van der Waals surface area contributed by atoms with E-state index in [1.54, 1.807) is 24.3 Å². The van der Waals surface area contributed by atoms with Crippen molar-refractivity contribution < 1.29 is 14.4 Å². The van der Waals surface area contributed by atoms with Gasteiger partial charge in [0.25, 0.3) is 5.91 Å². The number of nitrogens with one attached hydrogen (secondary N) is 1. The number of hydrogen-bond acceptors (Lipinski definition) is 3. The van der Waals surface area contributed by atoms with Gasteiger partial charge in [0, 0.05) is 18.4 Å². The lowest BCUT2D eigenvalue weighted by molar-refractivity contribution is -0.121. The monoisotopic (exact) mass is 350 g/mol. The minimum atomic E-state index is -0.198. The zero-order chi connectivity index (χ0) is 18.7. The van der Waals surface area contributed by atoms with Gasteiger partial charge >= 0.3 is 0 Å². The van der Waals surface area contributed by atoms with Gasteiger partial charge in [-0.25, -0.2) is 0 Å². The summed E-state index contributed by atoms with van der Waals surface area (Å²) in [6.45, 7) is 4.12. The van der Waals surface area contributed by atoms with E-state index in [2.05, 4.69) is 19.2 Å². The van der Waals surface area contributed by atoms with Crippen molar-refractivity contribution in [3.63, 3.8) is 0 Å². The Morgan fingerprint density at radius 3 is 2.04 bits per heavy atom. The highest BCUT2D eigenvalue weighted by Gasteiger charge is 2.30. The minimum absolute atomic E-state index is 0.0925. The summed E-state index contributed by atoms with van der Waals surface area (Å²) in [4.78, 5) is 37.4. The molecule has 3 amide bonds. The van der Waals surface area contributed by atoms with E-state index >= 15 is 0 Å². The molecule has 2 aromatic carbocycles. The molecule has 1 aliphatic heterocycles. The fraction of sp³-hybridized carbons (Fsp3) is 0.286. The third-order valence-corrected chi connectivity index (χ3v) is 4.55. The number of amides is 3. The average molecular weight is 350 g/mol. The molecule has 0 radical (unpaired) electrons. The molecule has 2 aromatic rings. The molecule has 134 valence electrons. The van der Waals surface area contributed by atoms with Gasteiger partial charge in [-0.15, -0.1) is 0 Å². The normalized spacial score (nSPS) is 15.4. The van der Waals surface area contributed by atoms with Gasteiger partial charge in [-0.05, 0) is 35.7 Å². The largest absolute Gasteiger partial charge is 0.345 e. The Hall–Kier alpha value is -2.95. The quantitative estimate of drug-likeness (QED) is 0.840. The maximum absolute atomic E-state index is 12.6. The molecule has 5 nitrogen and oxygen atoms in total. The van der Waals surface area contributed by atoms with Crippen LogP contribution < -0.4 is 10.2 Å². The Morgan fingerprint density at radius 2 is 1.50 bits per heavy atom. The molecule has 0 saturated carbocycles. The summed E-state index contributed by atoms with van der Waals surface area (Å²) < 4.78 is 0. The van der Waals surface area contributed by atoms with Crippen LogP contribution in [0.1, 0.15) is 48.7 Å². The molecule has 3 rings (SSSR count). The van der Waals surface area contributed by atoms with E-state index in [1.165, 1.54) is 4.90 Å². The average Bonchev–Trinajstić information content (AvgIpc) is 2.98. The molecule has 0 spiro atoms. The van der Waals surface area contributed by atoms with Crippen molar-refractivity contribution in [1.29, 1.82) is 0 Å². The molecule has 1 unspecified atom stereocenters. The van der Waals surface area contributed by atoms with Crippen molar-refractivity contribution in [2.45, 2.75) is 32.7 Å². The van der Waals surface area contributed by atoms with E-state index in [0.29, 0.717) is 11.3 Å². The molecule has 1 atom stereocenters. The smallest absolute Gasteiger partial charge is 0.251 e. The van der Waals surface area contributed by atoms with Crippen LogP contribution in [0, 0.1) is 5.92 Å². The first-order valence-electron chi connectivity index (χ1n) is 8.79. The number of hydrogen-bond donors (Lipinski definition) is 1. The highest BCUT2D eigenvalue weighted by atomic mass is 16.2. The van der Waals surface area contributed by atoms with Crippen molar-refractivity contribution in [1.82, 2.24) is 5.32 Å². The fourth-order valence-electron chi connectivity index (χ4n) is 3.15. The van der Waals surface area contributed by atoms with Crippen molar-refractivity contribution in [2.75, 3.05) is 4.90 Å². The summed E-state index contributed by atoms with van der Waals surface area (Å²) in [6.07, 6.45) is 0.489. The second-order valence-corrected chi connectivity index (χ2v) is 6.78. The molecule has 1 heterocycles. The number of carbonyl (C=O) groups is 3. The van der Waals surface area contributed by atoms with Gasteiger partial charge in [-0.2, -0.15) is 0 Å². The molecule has 1 fully saturated rings. The Kier molecular flexibility index (Phi) is 5.16. The molecule has 0 aliphatic carbocycles. The molecule has 1 saturated heterocycles. The summed E-state index contributed by atoms with van der Waals surface area (Å²) in [6, 6.07) is 16.3. The van der Waals surface area contributed by atoms with E-state index < -0.39 is 0 Å². The SMILES string of the molecule is CC(C)C(NC(=O)c1ccc(N2C(=O)CCC2=O)cc1)c1ccccc1. The number of carbonyl (C=O) groups excluding carboxylic acids is 3. The van der Waals surface area contributed by atoms with Crippen LogP contribution in [-0.4, -0.2) is 17.7 Å². The van der Waals surface area contributed by atoms with Gasteiger partial charge in [0.2, 0.25) is 11.8 Å². The molecule has 0 aromatic heterocycles. The van der Waals surface area contributed by atoms with Crippen molar-refractivity contribution in [2.24, 2.45) is 5.92 Å². The van der Waals surface area contributed by atoms with Crippen LogP contribution in [0.4, 0.5) is 5.69 Å². The molecular formula is C21H22N2O3. The summed E-state index contributed by atoms with van der Waals surface area (Å²) >= 11 is 0. The molecule has 5 heteroatoms. The van der Waals surface area contributed by atoms with Crippen LogP contribution in [0.5, 0.6) is 0 Å². The third-order valence-electron chi connectivity index (χ3n) is 4.55. The van der Waals surface area contributed by atoms with Crippen LogP contribution in [0.2, 0.25) is 0 Å². The van der Waals surface area contributed by atoms with Crippen LogP contribution in [-0.2, 0) is 9.59 Å². The first kappa shape index (κ1) is 17.9. The Labute approximate surface area is 153 Å². The third kappa shape index (κ3) is 3.67. The first-order chi connectivity index (χ1) is 12.5. The Morgan fingerprint density at radius 1 is 0.923 bits per heavy atom. The van der Waals surface area contributed by atoms with E-state index in [-0.39, 0.29) is 42.5 Å². The zero-order valence-electron chi connectivity index (χ0n) is 14.9. The molecule has 1 N–H and O–H groups in total. The van der Waals surface area contributed by atoms with Gasteiger partial charge in [-0.3, -0.25) is 19.3 Å². The topological polar surface area (TPSA) is 66.5 Å². The molecule has 26 heavy (non-hydrogen) atoms. The first-order valence-corrected chi connectivity index (χ1v) is 8.79. The lowest BCUT2D eigenvalue weighted by Gasteiger charge is -2.23. The van der Waals surface area contributed by atoms with Crippen molar-refractivity contribution >= 4 is 23.4 Å². The van der Waals surface area contributed by atoms with Crippen LogP contribution in [0.3, 0.4) is 0 Å².